The van der Waals surface area contributed by atoms with Crippen LogP contribution < -0.4 is 15.2 Å². The van der Waals surface area contributed by atoms with E-state index < -0.39 is 0 Å². The number of nitrogens with two attached hydrogens (primary N) is 1. The fourth-order valence-electron chi connectivity index (χ4n) is 2.14. The third kappa shape index (κ3) is 3.37. The maximum absolute atomic E-state index is 5.79. The summed E-state index contributed by atoms with van der Waals surface area (Å²) in [6.45, 7) is 2.02. The Bertz CT molecular complexity index is 375. The van der Waals surface area contributed by atoms with Gasteiger partial charge in [-0.3, -0.25) is 0 Å². The summed E-state index contributed by atoms with van der Waals surface area (Å²) in [7, 11) is 1.65. The van der Waals surface area contributed by atoms with E-state index in [1.165, 1.54) is 0 Å². The largest absolute Gasteiger partial charge is 0.497 e. The molecule has 0 spiro atoms. The van der Waals surface area contributed by atoms with Crippen LogP contribution in [0, 0.1) is 0 Å². The molecule has 1 unspecified atom stereocenters. The standard InChI is InChI=1S/C14H21NO3/c1-16-13-5-4-11(10-15)14(9-13)18-8-6-12-3-2-7-17-12/h4-5,9,12H,2-3,6-8,10,15H2,1H3. The first kappa shape index (κ1) is 13.2. The van der Waals surface area contributed by atoms with E-state index in [1.807, 2.05) is 18.2 Å². The summed E-state index contributed by atoms with van der Waals surface area (Å²) in [5.41, 5.74) is 6.69. The highest BCUT2D eigenvalue weighted by Gasteiger charge is 2.15. The number of hydrogen-bond donors (Lipinski definition) is 1. The van der Waals surface area contributed by atoms with Crippen molar-refractivity contribution in [1.29, 1.82) is 0 Å². The van der Waals surface area contributed by atoms with Gasteiger partial charge in [-0.1, -0.05) is 6.07 Å². The maximum atomic E-state index is 5.79. The summed E-state index contributed by atoms with van der Waals surface area (Å²) >= 11 is 0. The molecule has 0 radical (unpaired) electrons. The third-order valence-corrected chi connectivity index (χ3v) is 3.22. The quantitative estimate of drug-likeness (QED) is 0.841. The van der Waals surface area contributed by atoms with E-state index in [-0.39, 0.29) is 0 Å². The lowest BCUT2D eigenvalue weighted by Gasteiger charge is -2.14. The fourth-order valence-corrected chi connectivity index (χ4v) is 2.14. The normalized spacial score (nSPS) is 18.9. The molecule has 100 valence electrons. The number of rotatable bonds is 6. The molecule has 1 fully saturated rings. The molecule has 2 N–H and O–H groups in total. The molecule has 1 aromatic rings. The summed E-state index contributed by atoms with van der Waals surface area (Å²) in [5.74, 6) is 1.61. The summed E-state index contributed by atoms with van der Waals surface area (Å²) < 4.78 is 16.5. The van der Waals surface area contributed by atoms with E-state index in [9.17, 15) is 0 Å². The van der Waals surface area contributed by atoms with Gasteiger partial charge in [-0.15, -0.1) is 0 Å². The third-order valence-electron chi connectivity index (χ3n) is 3.22. The van der Waals surface area contributed by atoms with Crippen molar-refractivity contribution in [2.75, 3.05) is 20.3 Å². The molecule has 0 saturated carbocycles. The van der Waals surface area contributed by atoms with Gasteiger partial charge >= 0.3 is 0 Å². The zero-order valence-electron chi connectivity index (χ0n) is 10.9. The number of hydrogen-bond acceptors (Lipinski definition) is 4. The van der Waals surface area contributed by atoms with Crippen LogP contribution in [0.25, 0.3) is 0 Å². The van der Waals surface area contributed by atoms with E-state index in [2.05, 4.69) is 0 Å². The highest BCUT2D eigenvalue weighted by Crippen LogP contribution is 2.25. The van der Waals surface area contributed by atoms with E-state index in [4.69, 9.17) is 19.9 Å². The molecule has 1 saturated heterocycles. The van der Waals surface area contributed by atoms with E-state index in [1.54, 1.807) is 7.11 Å². The highest BCUT2D eigenvalue weighted by atomic mass is 16.5. The zero-order chi connectivity index (χ0) is 12.8. The van der Waals surface area contributed by atoms with Crippen LogP contribution in [0.5, 0.6) is 11.5 Å². The molecule has 0 aliphatic carbocycles. The summed E-state index contributed by atoms with van der Waals surface area (Å²) in [4.78, 5) is 0. The van der Waals surface area contributed by atoms with Crippen LogP contribution in [0.15, 0.2) is 18.2 Å². The number of methoxy groups -OCH3 is 1. The molecule has 18 heavy (non-hydrogen) atoms. The van der Waals surface area contributed by atoms with Gasteiger partial charge in [0.1, 0.15) is 11.5 Å². The van der Waals surface area contributed by atoms with Crippen LogP contribution >= 0.6 is 0 Å². The first-order valence-corrected chi connectivity index (χ1v) is 6.45. The minimum atomic E-state index is 0.358. The van der Waals surface area contributed by atoms with Crippen molar-refractivity contribution in [3.05, 3.63) is 23.8 Å². The van der Waals surface area contributed by atoms with Crippen LogP contribution in [-0.4, -0.2) is 26.4 Å². The van der Waals surface area contributed by atoms with E-state index >= 15 is 0 Å². The van der Waals surface area contributed by atoms with Crippen molar-refractivity contribution in [2.45, 2.75) is 31.9 Å². The minimum Gasteiger partial charge on any atom is -0.497 e. The van der Waals surface area contributed by atoms with Crippen molar-refractivity contribution in [3.8, 4) is 11.5 Å². The second-order valence-corrected chi connectivity index (χ2v) is 4.45. The summed E-state index contributed by atoms with van der Waals surface area (Å²) in [6, 6.07) is 5.73. The van der Waals surface area contributed by atoms with Crippen molar-refractivity contribution in [2.24, 2.45) is 5.73 Å². The molecule has 1 aliphatic heterocycles. The second kappa shape index (κ2) is 6.61. The van der Waals surface area contributed by atoms with Crippen LogP contribution in [0.3, 0.4) is 0 Å². The van der Waals surface area contributed by atoms with Gasteiger partial charge in [0.2, 0.25) is 0 Å². The van der Waals surface area contributed by atoms with Gasteiger partial charge < -0.3 is 19.9 Å². The molecule has 2 rings (SSSR count). The van der Waals surface area contributed by atoms with Crippen LogP contribution in [0.2, 0.25) is 0 Å². The van der Waals surface area contributed by atoms with Crippen molar-refractivity contribution in [3.63, 3.8) is 0 Å². The molecule has 0 aromatic heterocycles. The lowest BCUT2D eigenvalue weighted by Crippen LogP contribution is -2.12. The van der Waals surface area contributed by atoms with Gasteiger partial charge in [0, 0.05) is 31.2 Å². The van der Waals surface area contributed by atoms with Crippen molar-refractivity contribution < 1.29 is 14.2 Å². The zero-order valence-corrected chi connectivity index (χ0v) is 10.9. The molecule has 1 heterocycles. The van der Waals surface area contributed by atoms with Gasteiger partial charge in [-0.25, -0.2) is 0 Å². The van der Waals surface area contributed by atoms with Crippen molar-refractivity contribution >= 4 is 0 Å². The predicted octanol–water partition coefficient (Wildman–Crippen LogP) is 2.10. The molecule has 1 aliphatic rings. The Balaban J connectivity index is 1.89. The van der Waals surface area contributed by atoms with Gasteiger partial charge in [-0.05, 0) is 18.9 Å². The van der Waals surface area contributed by atoms with Crippen LogP contribution in [-0.2, 0) is 11.3 Å². The Labute approximate surface area is 108 Å². The van der Waals surface area contributed by atoms with Crippen LogP contribution in [0.4, 0.5) is 0 Å². The van der Waals surface area contributed by atoms with Crippen LogP contribution in [0.1, 0.15) is 24.8 Å². The lowest BCUT2D eigenvalue weighted by molar-refractivity contribution is 0.0902. The Morgan fingerprint density at radius 2 is 2.33 bits per heavy atom. The van der Waals surface area contributed by atoms with E-state index in [0.29, 0.717) is 19.3 Å². The average Bonchev–Trinajstić information content (AvgIpc) is 2.92. The molecule has 4 nitrogen and oxygen atoms in total. The molecule has 0 amide bonds. The second-order valence-electron chi connectivity index (χ2n) is 4.45. The predicted molar refractivity (Wildman–Crippen MR) is 70.0 cm³/mol. The van der Waals surface area contributed by atoms with Gasteiger partial charge in [0.25, 0.3) is 0 Å². The average molecular weight is 251 g/mol. The van der Waals surface area contributed by atoms with Gasteiger partial charge in [-0.2, -0.15) is 0 Å². The maximum Gasteiger partial charge on any atom is 0.127 e. The minimum absolute atomic E-state index is 0.358. The Morgan fingerprint density at radius 3 is 3.00 bits per heavy atom. The molecule has 1 atom stereocenters. The molecule has 4 heteroatoms. The summed E-state index contributed by atoms with van der Waals surface area (Å²) in [5, 5.41) is 0. The molecular formula is C14H21NO3. The first-order valence-electron chi connectivity index (χ1n) is 6.45. The van der Waals surface area contributed by atoms with Gasteiger partial charge in [0.15, 0.2) is 0 Å². The highest BCUT2D eigenvalue weighted by molar-refractivity contribution is 5.40. The molecular weight excluding hydrogens is 230 g/mol. The SMILES string of the molecule is COc1ccc(CN)c(OCCC2CCCO2)c1. The van der Waals surface area contributed by atoms with Crippen molar-refractivity contribution in [1.82, 2.24) is 0 Å². The monoisotopic (exact) mass is 251 g/mol. The molecule has 0 bridgehead atoms. The Hall–Kier alpha value is -1.26. The number of benzene rings is 1. The Morgan fingerprint density at radius 1 is 1.44 bits per heavy atom. The fraction of sp³-hybridized carbons (Fsp3) is 0.571. The lowest BCUT2D eigenvalue weighted by atomic mass is 10.2. The summed E-state index contributed by atoms with van der Waals surface area (Å²) in [6.07, 6.45) is 3.60. The topological polar surface area (TPSA) is 53.7 Å². The Kier molecular flexibility index (Phi) is 4.84. The first-order chi connectivity index (χ1) is 8.83. The van der Waals surface area contributed by atoms with E-state index in [0.717, 1.165) is 42.9 Å². The smallest absolute Gasteiger partial charge is 0.127 e. The molecule has 1 aromatic carbocycles. The number of ether oxygens (including phenoxy) is 3. The van der Waals surface area contributed by atoms with Gasteiger partial charge in [0.05, 0.1) is 19.8 Å².